The van der Waals surface area contributed by atoms with Crippen molar-refractivity contribution in [2.24, 2.45) is 4.99 Å². The van der Waals surface area contributed by atoms with Gasteiger partial charge in [0.2, 0.25) is 0 Å². The first-order valence-electron chi connectivity index (χ1n) is 2.49. The minimum absolute atomic E-state index is 0.125. The van der Waals surface area contributed by atoms with E-state index in [1.54, 1.807) is 6.21 Å². The van der Waals surface area contributed by atoms with Gasteiger partial charge in [-0.2, -0.15) is 0 Å². The molecule has 2 rings (SSSR count). The van der Waals surface area contributed by atoms with Crippen molar-refractivity contribution in [2.75, 3.05) is 0 Å². The zero-order valence-electron chi connectivity index (χ0n) is 4.15. The quantitative estimate of drug-likeness (QED) is 0.424. The van der Waals surface area contributed by atoms with Gasteiger partial charge in [-0.05, 0) is 6.08 Å². The summed E-state index contributed by atoms with van der Waals surface area (Å²) in [5.74, 6) is 0. The van der Waals surface area contributed by atoms with Crippen molar-refractivity contribution in [3.63, 3.8) is 0 Å². The van der Waals surface area contributed by atoms with E-state index in [9.17, 15) is 4.21 Å². The molecule has 0 amide bonds. The largest absolute Gasteiger partial charge is 0.275 e. The van der Waals surface area contributed by atoms with E-state index in [2.05, 4.69) is 4.99 Å². The first kappa shape index (κ1) is 4.44. The zero-order valence-corrected chi connectivity index (χ0v) is 4.97. The molecule has 42 valence electrons. The lowest BCUT2D eigenvalue weighted by Crippen LogP contribution is -1.89. The predicted octanol–water partition coefficient (Wildman–Crippen LogP) is 0.0840. The zero-order chi connectivity index (χ0) is 5.56. The molecule has 0 radical (unpaired) electrons. The Labute approximate surface area is 49.8 Å². The molecule has 0 spiro atoms. The van der Waals surface area contributed by atoms with Crippen molar-refractivity contribution < 1.29 is 4.21 Å². The molecular weight excluding hydrogens is 122 g/mol. The Kier molecular flexibility index (Phi) is 0.713. The summed E-state index contributed by atoms with van der Waals surface area (Å²) >= 11 is 0. The highest BCUT2D eigenvalue weighted by atomic mass is 32.2. The third-order valence-electron chi connectivity index (χ3n) is 1.33. The highest BCUT2D eigenvalue weighted by molar-refractivity contribution is 7.94. The highest BCUT2D eigenvalue weighted by Gasteiger charge is 2.46. The average molecular weight is 127 g/mol. The van der Waals surface area contributed by atoms with Crippen LogP contribution < -0.4 is 0 Å². The summed E-state index contributed by atoms with van der Waals surface area (Å²) in [6, 6.07) is 0. The molecule has 2 heterocycles. The molecule has 3 heteroatoms. The van der Waals surface area contributed by atoms with Crippen molar-refractivity contribution in [3.05, 3.63) is 12.2 Å². The molecule has 0 saturated carbocycles. The van der Waals surface area contributed by atoms with Crippen molar-refractivity contribution in [1.29, 1.82) is 0 Å². The smallest absolute Gasteiger partial charge is 0.143 e. The van der Waals surface area contributed by atoms with Gasteiger partial charge in [0.15, 0.2) is 0 Å². The van der Waals surface area contributed by atoms with Crippen LogP contribution in [0.2, 0.25) is 0 Å². The van der Waals surface area contributed by atoms with E-state index < -0.39 is 10.8 Å². The van der Waals surface area contributed by atoms with Crippen LogP contribution in [-0.2, 0) is 10.8 Å². The predicted molar refractivity (Wildman–Crippen MR) is 33.4 cm³/mol. The van der Waals surface area contributed by atoms with Crippen molar-refractivity contribution in [1.82, 2.24) is 0 Å². The molecular formula is C5H5NOS. The molecule has 0 aromatic heterocycles. The van der Waals surface area contributed by atoms with Crippen LogP contribution in [0.15, 0.2) is 17.1 Å². The van der Waals surface area contributed by atoms with Crippen LogP contribution in [0.4, 0.5) is 0 Å². The van der Waals surface area contributed by atoms with Crippen LogP contribution in [0.25, 0.3) is 0 Å². The van der Waals surface area contributed by atoms with Crippen LogP contribution in [-0.4, -0.2) is 21.0 Å². The fourth-order valence-electron chi connectivity index (χ4n) is 0.806. The third-order valence-corrected chi connectivity index (χ3v) is 2.86. The van der Waals surface area contributed by atoms with E-state index in [0.29, 0.717) is 0 Å². The lowest BCUT2D eigenvalue weighted by Gasteiger charge is -1.83. The van der Waals surface area contributed by atoms with E-state index in [1.165, 1.54) is 0 Å². The summed E-state index contributed by atoms with van der Waals surface area (Å²) in [4.78, 5) is 3.97. The molecule has 0 bridgehead atoms. The summed E-state index contributed by atoms with van der Waals surface area (Å²) in [5.41, 5.74) is 0. The van der Waals surface area contributed by atoms with Crippen molar-refractivity contribution in [2.45, 2.75) is 10.6 Å². The normalized spacial score (nSPS) is 48.8. The molecule has 2 aliphatic heterocycles. The Hall–Kier alpha value is -0.440. The van der Waals surface area contributed by atoms with Crippen LogP contribution in [0.1, 0.15) is 0 Å². The summed E-state index contributed by atoms with van der Waals surface area (Å²) in [7, 11) is -0.659. The summed E-state index contributed by atoms with van der Waals surface area (Å²) < 4.78 is 10.7. The fraction of sp³-hybridized carbons (Fsp3) is 0.400. The Morgan fingerprint density at radius 1 is 1.62 bits per heavy atom. The van der Waals surface area contributed by atoms with Gasteiger partial charge in [0.05, 0.1) is 16.0 Å². The maximum atomic E-state index is 10.7. The number of allylic oxidation sites excluding steroid dienone is 1. The topological polar surface area (TPSA) is 29.4 Å². The van der Waals surface area contributed by atoms with Crippen molar-refractivity contribution >= 4 is 17.0 Å². The van der Waals surface area contributed by atoms with Crippen LogP contribution in [0, 0.1) is 0 Å². The lowest BCUT2D eigenvalue weighted by atomic mass is 10.3. The Balaban J connectivity index is 2.35. The maximum Gasteiger partial charge on any atom is 0.143 e. The summed E-state index contributed by atoms with van der Waals surface area (Å²) in [6.07, 6.45) is 5.52. The molecule has 1 saturated heterocycles. The number of hydrogen-bond acceptors (Lipinski definition) is 2. The van der Waals surface area contributed by atoms with Gasteiger partial charge in [-0.15, -0.1) is 0 Å². The Morgan fingerprint density at radius 3 is 3.00 bits per heavy atom. The van der Waals surface area contributed by atoms with Crippen LogP contribution in [0.5, 0.6) is 0 Å². The first-order chi connectivity index (χ1) is 3.89. The maximum absolute atomic E-state index is 10.7. The van der Waals surface area contributed by atoms with E-state index in [1.807, 2.05) is 12.2 Å². The fourth-order valence-corrected chi connectivity index (χ4v) is 1.93. The van der Waals surface area contributed by atoms with Gasteiger partial charge in [0.1, 0.15) is 5.37 Å². The lowest BCUT2D eigenvalue weighted by molar-refractivity contribution is 0.692. The summed E-state index contributed by atoms with van der Waals surface area (Å²) in [5, 5.41) is 0.389. The van der Waals surface area contributed by atoms with Crippen molar-refractivity contribution in [3.8, 4) is 0 Å². The first-order valence-corrected chi connectivity index (χ1v) is 3.76. The number of nitrogens with zero attached hydrogens (tertiary/aromatic N) is 1. The van der Waals surface area contributed by atoms with Gasteiger partial charge >= 0.3 is 0 Å². The van der Waals surface area contributed by atoms with Gasteiger partial charge < -0.3 is 0 Å². The van der Waals surface area contributed by atoms with Gasteiger partial charge in [-0.25, -0.2) is 0 Å². The van der Waals surface area contributed by atoms with Gasteiger partial charge in [0.25, 0.3) is 0 Å². The second-order valence-corrected chi connectivity index (χ2v) is 3.55. The molecule has 3 atom stereocenters. The second-order valence-electron chi connectivity index (χ2n) is 1.87. The Bertz CT molecular complexity index is 177. The van der Waals surface area contributed by atoms with Gasteiger partial charge in [-0.1, -0.05) is 6.08 Å². The molecule has 0 aliphatic carbocycles. The molecule has 3 unspecified atom stereocenters. The van der Waals surface area contributed by atoms with E-state index in [0.717, 1.165) is 0 Å². The third kappa shape index (κ3) is 0.422. The number of hydrogen-bond donors (Lipinski definition) is 0. The van der Waals surface area contributed by atoms with Crippen LogP contribution in [0.3, 0.4) is 0 Å². The molecule has 2 nitrogen and oxygen atoms in total. The average Bonchev–Trinajstić information content (AvgIpc) is 2.46. The minimum Gasteiger partial charge on any atom is -0.275 e. The van der Waals surface area contributed by atoms with E-state index in [-0.39, 0.29) is 10.6 Å². The standard InChI is InChI=1S/C5H5NOS/c7-8-4-2-1-3-6-5(4)8/h1-5H. The Morgan fingerprint density at radius 2 is 2.50 bits per heavy atom. The van der Waals surface area contributed by atoms with Gasteiger partial charge in [0, 0.05) is 6.21 Å². The van der Waals surface area contributed by atoms with E-state index in [4.69, 9.17) is 0 Å². The minimum atomic E-state index is -0.659. The molecule has 8 heavy (non-hydrogen) atoms. The number of dihydropyridines is 1. The van der Waals surface area contributed by atoms with Gasteiger partial charge in [-0.3, -0.25) is 9.20 Å². The number of aliphatic imine (C=N–C) groups is 1. The highest BCUT2D eigenvalue weighted by Crippen LogP contribution is 2.31. The molecule has 1 fully saturated rings. The molecule has 0 N–H and O–H groups in total. The monoisotopic (exact) mass is 127 g/mol. The number of fused-ring (bicyclic) bond motifs is 1. The molecule has 2 aliphatic rings. The second kappa shape index (κ2) is 1.29. The van der Waals surface area contributed by atoms with E-state index >= 15 is 0 Å². The summed E-state index contributed by atoms with van der Waals surface area (Å²) in [6.45, 7) is 0. The molecule has 0 aromatic carbocycles. The number of rotatable bonds is 0. The SMILES string of the molecule is O=S1C2C=CC=NC21. The molecule has 0 aromatic rings. The van der Waals surface area contributed by atoms with Crippen LogP contribution >= 0.6 is 0 Å².